The molecule has 0 amide bonds. The van der Waals surface area contributed by atoms with Crippen LogP contribution in [0.2, 0.25) is 0 Å². The molecular weight excluding hydrogens is 232 g/mol. The number of aromatic nitrogens is 1. The van der Waals surface area contributed by atoms with E-state index in [9.17, 15) is 10.1 Å². The normalized spacial score (nSPS) is 10.2. The molecule has 0 spiro atoms. The summed E-state index contributed by atoms with van der Waals surface area (Å²) < 4.78 is 1.89. The number of aromatic hydroxyl groups is 1. The Balaban J connectivity index is 1.97. The summed E-state index contributed by atoms with van der Waals surface area (Å²) >= 11 is 0. The van der Waals surface area contributed by atoms with Crippen LogP contribution in [-0.4, -0.2) is 10.0 Å². The summed E-state index contributed by atoms with van der Waals surface area (Å²) in [6.07, 6.45) is 4.19. The standard InChI is InChI=1S/C13H12N2O3/c16-13-3-1-11(2-4-13)5-8-14-9-6-12(7-10-14)15(17)18/h1-4,6-7,9-10H,5,8H2/p+1. The van der Waals surface area contributed by atoms with E-state index in [0.29, 0.717) is 0 Å². The SMILES string of the molecule is O=[N+]([O-])c1cc[n+](CCc2ccc(O)cc2)cc1. The van der Waals surface area contributed by atoms with Crippen molar-refractivity contribution in [3.8, 4) is 5.75 Å². The second-order valence-corrected chi connectivity index (χ2v) is 3.97. The van der Waals surface area contributed by atoms with E-state index in [1.54, 1.807) is 24.5 Å². The molecule has 0 atom stereocenters. The van der Waals surface area contributed by atoms with Gasteiger partial charge in [-0.1, -0.05) is 12.1 Å². The summed E-state index contributed by atoms with van der Waals surface area (Å²) in [6.45, 7) is 0.739. The van der Waals surface area contributed by atoms with Crippen molar-refractivity contribution >= 4 is 5.69 Å². The highest BCUT2D eigenvalue weighted by atomic mass is 16.6. The maximum atomic E-state index is 10.5. The van der Waals surface area contributed by atoms with Crippen LogP contribution in [-0.2, 0) is 13.0 Å². The molecule has 2 aromatic rings. The Morgan fingerprint density at radius 1 is 1.11 bits per heavy atom. The van der Waals surface area contributed by atoms with E-state index in [1.807, 2.05) is 16.7 Å². The number of phenols is 1. The summed E-state index contributed by atoms with van der Waals surface area (Å²) in [5, 5.41) is 19.7. The highest BCUT2D eigenvalue weighted by Crippen LogP contribution is 2.10. The van der Waals surface area contributed by atoms with Crippen molar-refractivity contribution in [1.29, 1.82) is 0 Å². The molecule has 18 heavy (non-hydrogen) atoms. The van der Waals surface area contributed by atoms with E-state index >= 15 is 0 Å². The highest BCUT2D eigenvalue weighted by molar-refractivity contribution is 5.26. The Morgan fingerprint density at radius 3 is 2.28 bits per heavy atom. The van der Waals surface area contributed by atoms with Gasteiger partial charge in [-0.05, 0) is 17.7 Å². The number of hydrogen-bond donors (Lipinski definition) is 1. The smallest absolute Gasteiger partial charge is 0.281 e. The fraction of sp³-hybridized carbons (Fsp3) is 0.154. The molecule has 0 aliphatic heterocycles. The first-order valence-corrected chi connectivity index (χ1v) is 5.56. The van der Waals surface area contributed by atoms with Gasteiger partial charge in [0.15, 0.2) is 18.9 Å². The molecule has 0 aliphatic rings. The number of phenolic OH excluding ortho intramolecular Hbond substituents is 1. The minimum atomic E-state index is -0.412. The van der Waals surface area contributed by atoms with Crippen LogP contribution in [0.3, 0.4) is 0 Å². The van der Waals surface area contributed by atoms with Gasteiger partial charge in [-0.3, -0.25) is 10.1 Å². The summed E-state index contributed by atoms with van der Waals surface area (Å²) in [5.41, 5.74) is 1.20. The Morgan fingerprint density at radius 2 is 1.72 bits per heavy atom. The van der Waals surface area contributed by atoms with E-state index in [-0.39, 0.29) is 11.4 Å². The topological polar surface area (TPSA) is 67.2 Å². The molecule has 92 valence electrons. The van der Waals surface area contributed by atoms with Crippen molar-refractivity contribution < 1.29 is 14.6 Å². The lowest BCUT2D eigenvalue weighted by atomic mass is 10.1. The van der Waals surface area contributed by atoms with Gasteiger partial charge in [0, 0.05) is 6.42 Å². The second-order valence-electron chi connectivity index (χ2n) is 3.97. The van der Waals surface area contributed by atoms with Gasteiger partial charge in [-0.15, -0.1) is 0 Å². The molecule has 2 rings (SSSR count). The Hall–Kier alpha value is -2.43. The summed E-state index contributed by atoms with van der Waals surface area (Å²) in [5.74, 6) is 0.252. The highest BCUT2D eigenvalue weighted by Gasteiger charge is 2.08. The molecule has 0 saturated heterocycles. The number of aryl methyl sites for hydroxylation is 2. The zero-order valence-corrected chi connectivity index (χ0v) is 9.69. The zero-order chi connectivity index (χ0) is 13.0. The van der Waals surface area contributed by atoms with E-state index in [2.05, 4.69) is 0 Å². The van der Waals surface area contributed by atoms with Gasteiger partial charge in [-0.25, -0.2) is 4.57 Å². The zero-order valence-electron chi connectivity index (χ0n) is 9.69. The molecule has 0 saturated carbocycles. The quantitative estimate of drug-likeness (QED) is 0.507. The molecular formula is C13H13N2O3+. The average molecular weight is 245 g/mol. The Kier molecular flexibility index (Phi) is 3.52. The van der Waals surface area contributed by atoms with Gasteiger partial charge in [0.2, 0.25) is 0 Å². The van der Waals surface area contributed by atoms with Gasteiger partial charge in [-0.2, -0.15) is 0 Å². The summed E-state index contributed by atoms with van der Waals surface area (Å²) in [6, 6.07) is 9.99. The van der Waals surface area contributed by atoms with Crippen molar-refractivity contribution in [2.75, 3.05) is 0 Å². The third kappa shape index (κ3) is 3.04. The molecule has 0 aliphatic carbocycles. The van der Waals surface area contributed by atoms with Crippen LogP contribution in [0, 0.1) is 10.1 Å². The van der Waals surface area contributed by atoms with Crippen LogP contribution in [0.5, 0.6) is 5.75 Å². The Labute approximate surface area is 104 Å². The van der Waals surface area contributed by atoms with E-state index in [1.165, 1.54) is 12.1 Å². The first-order valence-electron chi connectivity index (χ1n) is 5.56. The van der Waals surface area contributed by atoms with Gasteiger partial charge < -0.3 is 5.11 Å². The number of pyridine rings is 1. The minimum Gasteiger partial charge on any atom is -0.508 e. The maximum Gasteiger partial charge on any atom is 0.281 e. The maximum absolute atomic E-state index is 10.5. The van der Waals surface area contributed by atoms with Crippen LogP contribution in [0.1, 0.15) is 5.56 Å². The fourth-order valence-corrected chi connectivity index (χ4v) is 1.64. The predicted octanol–water partition coefficient (Wildman–Crippen LogP) is 1.83. The van der Waals surface area contributed by atoms with Crippen LogP contribution >= 0.6 is 0 Å². The van der Waals surface area contributed by atoms with Gasteiger partial charge in [0.1, 0.15) is 5.75 Å². The first kappa shape index (κ1) is 12.0. The third-order valence-electron chi connectivity index (χ3n) is 2.68. The molecule has 1 aromatic heterocycles. The van der Waals surface area contributed by atoms with Crippen molar-refractivity contribution in [1.82, 2.24) is 0 Å². The Bertz CT molecular complexity index is 535. The monoisotopic (exact) mass is 245 g/mol. The molecule has 5 nitrogen and oxygen atoms in total. The van der Waals surface area contributed by atoms with Crippen LogP contribution < -0.4 is 4.57 Å². The average Bonchev–Trinajstić information content (AvgIpc) is 2.38. The van der Waals surface area contributed by atoms with Crippen molar-refractivity contribution in [2.45, 2.75) is 13.0 Å². The molecule has 0 unspecified atom stereocenters. The van der Waals surface area contributed by atoms with Crippen LogP contribution in [0.15, 0.2) is 48.8 Å². The molecule has 0 bridgehead atoms. The predicted molar refractivity (Wildman–Crippen MR) is 65.1 cm³/mol. The molecule has 1 heterocycles. The lowest BCUT2D eigenvalue weighted by Gasteiger charge is -1.99. The largest absolute Gasteiger partial charge is 0.508 e. The fourth-order valence-electron chi connectivity index (χ4n) is 1.64. The van der Waals surface area contributed by atoms with Gasteiger partial charge >= 0.3 is 0 Å². The molecule has 0 fully saturated rings. The molecule has 1 aromatic carbocycles. The number of hydrogen-bond acceptors (Lipinski definition) is 3. The molecule has 5 heteroatoms. The van der Waals surface area contributed by atoms with Crippen LogP contribution in [0.25, 0.3) is 0 Å². The van der Waals surface area contributed by atoms with E-state index in [4.69, 9.17) is 5.11 Å². The summed E-state index contributed by atoms with van der Waals surface area (Å²) in [7, 11) is 0. The number of nitrogens with zero attached hydrogens (tertiary/aromatic N) is 2. The third-order valence-corrected chi connectivity index (χ3v) is 2.68. The second kappa shape index (κ2) is 5.27. The van der Waals surface area contributed by atoms with Crippen LogP contribution in [0.4, 0.5) is 5.69 Å². The molecule has 1 N–H and O–H groups in total. The lowest BCUT2D eigenvalue weighted by Crippen LogP contribution is -2.33. The number of nitro groups is 1. The van der Waals surface area contributed by atoms with E-state index < -0.39 is 4.92 Å². The van der Waals surface area contributed by atoms with Crippen molar-refractivity contribution in [3.63, 3.8) is 0 Å². The number of benzene rings is 1. The van der Waals surface area contributed by atoms with Crippen molar-refractivity contribution in [3.05, 3.63) is 64.5 Å². The minimum absolute atomic E-state index is 0.0934. The number of rotatable bonds is 4. The van der Waals surface area contributed by atoms with Gasteiger partial charge in [0.25, 0.3) is 5.69 Å². The summed E-state index contributed by atoms with van der Waals surface area (Å²) in [4.78, 5) is 10.1. The lowest BCUT2D eigenvalue weighted by molar-refractivity contribution is -0.696. The van der Waals surface area contributed by atoms with Gasteiger partial charge in [0.05, 0.1) is 17.1 Å². The van der Waals surface area contributed by atoms with Crippen molar-refractivity contribution in [2.24, 2.45) is 0 Å². The van der Waals surface area contributed by atoms with E-state index in [0.717, 1.165) is 18.5 Å². The first-order chi connectivity index (χ1) is 8.65. The molecule has 0 radical (unpaired) electrons.